The Kier molecular flexibility index (Phi) is 7.96. The minimum atomic E-state index is 0.711. The van der Waals surface area contributed by atoms with Crippen molar-refractivity contribution < 1.29 is 0 Å². The number of rotatable bonds is 7. The van der Waals surface area contributed by atoms with Gasteiger partial charge in [0.05, 0.1) is 0 Å². The molecule has 2 heteroatoms. The molecule has 1 atom stereocenters. The van der Waals surface area contributed by atoms with Gasteiger partial charge in [-0.3, -0.25) is 0 Å². The summed E-state index contributed by atoms with van der Waals surface area (Å²) in [6.45, 7) is 3.36. The third-order valence-corrected chi connectivity index (χ3v) is 2.06. The van der Waals surface area contributed by atoms with Gasteiger partial charge in [-0.2, -0.15) is 0 Å². The fourth-order valence-corrected chi connectivity index (χ4v) is 1.20. The van der Waals surface area contributed by atoms with E-state index in [4.69, 9.17) is 0 Å². The molecule has 0 aliphatic rings. The van der Waals surface area contributed by atoms with E-state index in [1.807, 2.05) is 7.05 Å². The molecule has 0 aromatic carbocycles. The van der Waals surface area contributed by atoms with E-state index in [0.717, 1.165) is 6.54 Å². The third-order valence-electron chi connectivity index (χ3n) is 2.06. The van der Waals surface area contributed by atoms with Crippen LogP contribution in [0.15, 0.2) is 0 Å². The van der Waals surface area contributed by atoms with Gasteiger partial charge < -0.3 is 10.6 Å². The topological polar surface area (TPSA) is 24.1 Å². The summed E-state index contributed by atoms with van der Waals surface area (Å²) >= 11 is 0. The Bertz CT molecular complexity index is 66.0. The zero-order valence-corrected chi connectivity index (χ0v) is 8.11. The van der Waals surface area contributed by atoms with Crippen LogP contribution in [0.4, 0.5) is 0 Å². The van der Waals surface area contributed by atoms with Crippen molar-refractivity contribution in [3.05, 3.63) is 0 Å². The zero-order valence-electron chi connectivity index (χ0n) is 8.11. The van der Waals surface area contributed by atoms with E-state index < -0.39 is 0 Å². The molecule has 0 radical (unpaired) electrons. The summed E-state index contributed by atoms with van der Waals surface area (Å²) in [6, 6.07) is 0.711. The maximum atomic E-state index is 3.33. The minimum absolute atomic E-state index is 0.711. The van der Waals surface area contributed by atoms with Gasteiger partial charge in [0, 0.05) is 6.04 Å². The smallest absolute Gasteiger partial charge is 0.00761 e. The van der Waals surface area contributed by atoms with E-state index in [9.17, 15) is 0 Å². The Balaban J connectivity index is 3.25. The zero-order chi connectivity index (χ0) is 8.53. The molecule has 0 rings (SSSR count). The summed E-state index contributed by atoms with van der Waals surface area (Å²) in [5.41, 5.74) is 0. The van der Waals surface area contributed by atoms with Gasteiger partial charge in [-0.25, -0.2) is 0 Å². The first-order chi connectivity index (χ1) is 5.35. The molecule has 0 heterocycles. The second kappa shape index (κ2) is 8.02. The van der Waals surface area contributed by atoms with E-state index in [2.05, 4.69) is 24.6 Å². The molecule has 2 N–H and O–H groups in total. The predicted molar refractivity (Wildman–Crippen MR) is 50.9 cm³/mol. The van der Waals surface area contributed by atoms with Crippen LogP contribution >= 0.6 is 0 Å². The molecular formula is C9H22N2. The van der Waals surface area contributed by atoms with Crippen LogP contribution in [-0.4, -0.2) is 26.7 Å². The van der Waals surface area contributed by atoms with Crippen LogP contribution in [0, 0.1) is 0 Å². The summed E-state index contributed by atoms with van der Waals surface area (Å²) in [5.74, 6) is 0. The average molecular weight is 158 g/mol. The molecule has 0 spiro atoms. The number of hydrogen-bond donors (Lipinski definition) is 2. The highest BCUT2D eigenvalue weighted by atomic mass is 14.9. The lowest BCUT2D eigenvalue weighted by Crippen LogP contribution is -2.28. The predicted octanol–water partition coefficient (Wildman–Crippen LogP) is 1.37. The molecule has 0 amide bonds. The maximum absolute atomic E-state index is 3.33. The number of hydrogen-bond acceptors (Lipinski definition) is 2. The molecule has 0 saturated carbocycles. The van der Waals surface area contributed by atoms with E-state index in [-0.39, 0.29) is 0 Å². The number of nitrogens with one attached hydrogen (secondary N) is 2. The second-order valence-electron chi connectivity index (χ2n) is 3.02. The van der Waals surface area contributed by atoms with E-state index in [1.165, 1.54) is 25.7 Å². The Morgan fingerprint density at radius 3 is 2.36 bits per heavy atom. The maximum Gasteiger partial charge on any atom is 0.00761 e. The van der Waals surface area contributed by atoms with Crippen LogP contribution in [-0.2, 0) is 0 Å². The van der Waals surface area contributed by atoms with E-state index >= 15 is 0 Å². The standard InChI is InChI=1S/C9H22N2/c1-4-5-6-9(11-3)7-8-10-2/h9-11H,4-8H2,1-3H3. The molecule has 0 aromatic heterocycles. The monoisotopic (exact) mass is 158 g/mol. The van der Waals surface area contributed by atoms with Crippen LogP contribution in [0.3, 0.4) is 0 Å². The van der Waals surface area contributed by atoms with Crippen LogP contribution in [0.2, 0.25) is 0 Å². The van der Waals surface area contributed by atoms with Crippen LogP contribution in [0.25, 0.3) is 0 Å². The van der Waals surface area contributed by atoms with Crippen molar-refractivity contribution in [3.63, 3.8) is 0 Å². The van der Waals surface area contributed by atoms with Gasteiger partial charge in [0.15, 0.2) is 0 Å². The fourth-order valence-electron chi connectivity index (χ4n) is 1.20. The first kappa shape index (κ1) is 10.9. The highest BCUT2D eigenvalue weighted by molar-refractivity contribution is 4.64. The van der Waals surface area contributed by atoms with Crippen molar-refractivity contribution in [3.8, 4) is 0 Å². The highest BCUT2D eigenvalue weighted by Gasteiger charge is 2.02. The van der Waals surface area contributed by atoms with E-state index in [1.54, 1.807) is 0 Å². The molecule has 0 aliphatic carbocycles. The lowest BCUT2D eigenvalue weighted by atomic mass is 10.1. The van der Waals surface area contributed by atoms with Crippen molar-refractivity contribution in [1.82, 2.24) is 10.6 Å². The number of unbranched alkanes of at least 4 members (excludes halogenated alkanes) is 1. The van der Waals surface area contributed by atoms with Gasteiger partial charge in [-0.05, 0) is 33.5 Å². The van der Waals surface area contributed by atoms with Crippen molar-refractivity contribution in [2.45, 2.75) is 38.6 Å². The molecule has 0 fully saturated rings. The molecule has 11 heavy (non-hydrogen) atoms. The van der Waals surface area contributed by atoms with Gasteiger partial charge in [-0.15, -0.1) is 0 Å². The summed E-state index contributed by atoms with van der Waals surface area (Å²) in [7, 11) is 4.06. The van der Waals surface area contributed by atoms with E-state index in [0.29, 0.717) is 6.04 Å². The summed E-state index contributed by atoms with van der Waals surface area (Å²) in [5, 5.41) is 6.50. The average Bonchev–Trinajstić information content (AvgIpc) is 2.05. The summed E-state index contributed by atoms with van der Waals surface area (Å²) in [4.78, 5) is 0. The Labute approximate surface area is 70.8 Å². The van der Waals surface area contributed by atoms with Gasteiger partial charge in [0.25, 0.3) is 0 Å². The molecule has 0 aromatic rings. The highest BCUT2D eigenvalue weighted by Crippen LogP contribution is 2.02. The lowest BCUT2D eigenvalue weighted by molar-refractivity contribution is 0.464. The molecule has 0 bridgehead atoms. The Hall–Kier alpha value is -0.0800. The normalized spacial score (nSPS) is 13.4. The second-order valence-corrected chi connectivity index (χ2v) is 3.02. The molecule has 0 saturated heterocycles. The molecular weight excluding hydrogens is 136 g/mol. The largest absolute Gasteiger partial charge is 0.320 e. The van der Waals surface area contributed by atoms with Crippen LogP contribution < -0.4 is 10.6 Å². The molecule has 1 unspecified atom stereocenters. The molecule has 2 nitrogen and oxygen atoms in total. The van der Waals surface area contributed by atoms with Crippen molar-refractivity contribution in [2.24, 2.45) is 0 Å². The summed E-state index contributed by atoms with van der Waals surface area (Å²) in [6.07, 6.45) is 5.20. The van der Waals surface area contributed by atoms with Gasteiger partial charge >= 0.3 is 0 Å². The Morgan fingerprint density at radius 2 is 1.91 bits per heavy atom. The first-order valence-corrected chi connectivity index (χ1v) is 4.67. The van der Waals surface area contributed by atoms with Gasteiger partial charge in [0.1, 0.15) is 0 Å². The lowest BCUT2D eigenvalue weighted by Gasteiger charge is -2.14. The van der Waals surface area contributed by atoms with Crippen molar-refractivity contribution >= 4 is 0 Å². The SMILES string of the molecule is CCCCC(CCNC)NC. The van der Waals surface area contributed by atoms with Crippen molar-refractivity contribution in [1.29, 1.82) is 0 Å². The summed E-state index contributed by atoms with van der Waals surface area (Å²) < 4.78 is 0. The van der Waals surface area contributed by atoms with Crippen LogP contribution in [0.5, 0.6) is 0 Å². The third kappa shape index (κ3) is 6.32. The van der Waals surface area contributed by atoms with Crippen LogP contribution in [0.1, 0.15) is 32.6 Å². The van der Waals surface area contributed by atoms with Gasteiger partial charge in [-0.1, -0.05) is 19.8 Å². The van der Waals surface area contributed by atoms with Crippen molar-refractivity contribution in [2.75, 3.05) is 20.6 Å². The quantitative estimate of drug-likeness (QED) is 0.585. The Morgan fingerprint density at radius 1 is 1.18 bits per heavy atom. The minimum Gasteiger partial charge on any atom is -0.320 e. The van der Waals surface area contributed by atoms with Gasteiger partial charge in [0.2, 0.25) is 0 Å². The fraction of sp³-hybridized carbons (Fsp3) is 1.00. The molecule has 68 valence electrons. The molecule has 0 aliphatic heterocycles. The first-order valence-electron chi connectivity index (χ1n) is 4.67.